The molecule has 3 rings (SSSR count). The number of aromatic nitrogens is 1. The van der Waals surface area contributed by atoms with Gasteiger partial charge in [-0.25, -0.2) is 4.79 Å². The lowest BCUT2D eigenvalue weighted by Gasteiger charge is -2.20. The minimum absolute atomic E-state index is 0.278. The zero-order chi connectivity index (χ0) is 16.2. The number of fused-ring (bicyclic) bond motifs is 1. The molecular weight excluding hydrogens is 286 g/mol. The summed E-state index contributed by atoms with van der Waals surface area (Å²) in [5.74, 6) is -0.278. The Bertz CT molecular complexity index is 748. The first-order valence-corrected chi connectivity index (χ1v) is 8.12. The molecule has 1 heterocycles. The Morgan fingerprint density at radius 1 is 1.26 bits per heavy atom. The number of ether oxygens (including phenoxy) is 1. The number of carbonyl (C=O) groups excluding carboxylic acids is 1. The molecule has 0 spiro atoms. The van der Waals surface area contributed by atoms with Crippen molar-refractivity contribution >= 4 is 17.6 Å². The van der Waals surface area contributed by atoms with E-state index in [4.69, 9.17) is 9.72 Å². The maximum absolute atomic E-state index is 12.0. The molecule has 0 amide bonds. The van der Waals surface area contributed by atoms with Crippen LogP contribution in [0.2, 0.25) is 0 Å². The van der Waals surface area contributed by atoms with Gasteiger partial charge < -0.3 is 4.74 Å². The SMILES string of the molecule is CCOC(=O)c1cc2c(nc1C)C(=Cc1ccccc1)CCC2. The standard InChI is InChI=1S/C20H21NO2/c1-3-23-20(22)18-13-17-11-7-10-16(19(17)21-14(18)2)12-15-8-5-4-6-9-15/h4-6,8-9,12-13H,3,7,10-11H2,1-2H3. The lowest BCUT2D eigenvalue weighted by Crippen LogP contribution is -2.13. The van der Waals surface area contributed by atoms with Gasteiger partial charge in [0.05, 0.1) is 23.6 Å². The first-order valence-electron chi connectivity index (χ1n) is 8.12. The van der Waals surface area contributed by atoms with E-state index in [0.29, 0.717) is 12.2 Å². The zero-order valence-electron chi connectivity index (χ0n) is 13.6. The van der Waals surface area contributed by atoms with Crippen molar-refractivity contribution in [3.8, 4) is 0 Å². The number of hydrogen-bond donors (Lipinski definition) is 0. The molecule has 2 aromatic rings. The number of benzene rings is 1. The predicted octanol–water partition coefficient (Wildman–Crippen LogP) is 4.44. The van der Waals surface area contributed by atoms with Crippen molar-refractivity contribution in [3.05, 3.63) is 64.5 Å². The molecule has 3 nitrogen and oxygen atoms in total. The normalized spacial score (nSPS) is 15.3. The topological polar surface area (TPSA) is 39.2 Å². The second-order valence-corrected chi connectivity index (χ2v) is 5.78. The Morgan fingerprint density at radius 3 is 2.78 bits per heavy atom. The summed E-state index contributed by atoms with van der Waals surface area (Å²) in [6.07, 6.45) is 5.27. The third kappa shape index (κ3) is 3.34. The first kappa shape index (κ1) is 15.5. The van der Waals surface area contributed by atoms with Gasteiger partial charge >= 0.3 is 5.97 Å². The average Bonchev–Trinajstić information content (AvgIpc) is 2.56. The van der Waals surface area contributed by atoms with E-state index in [-0.39, 0.29) is 5.97 Å². The Morgan fingerprint density at radius 2 is 2.04 bits per heavy atom. The van der Waals surface area contributed by atoms with Crippen LogP contribution in [-0.2, 0) is 11.2 Å². The molecule has 3 heteroatoms. The van der Waals surface area contributed by atoms with E-state index >= 15 is 0 Å². The van der Waals surface area contributed by atoms with E-state index in [1.807, 2.05) is 38.1 Å². The van der Waals surface area contributed by atoms with Crippen molar-refractivity contribution in [2.45, 2.75) is 33.1 Å². The molecule has 0 atom stereocenters. The van der Waals surface area contributed by atoms with Gasteiger partial charge in [-0.2, -0.15) is 0 Å². The Balaban J connectivity index is 2.01. The van der Waals surface area contributed by atoms with Crippen molar-refractivity contribution < 1.29 is 9.53 Å². The van der Waals surface area contributed by atoms with Crippen LogP contribution in [0.3, 0.4) is 0 Å². The van der Waals surface area contributed by atoms with Crippen LogP contribution in [0.4, 0.5) is 0 Å². The van der Waals surface area contributed by atoms with Crippen LogP contribution < -0.4 is 0 Å². The minimum Gasteiger partial charge on any atom is -0.462 e. The summed E-state index contributed by atoms with van der Waals surface area (Å²) in [6, 6.07) is 12.3. The number of hydrogen-bond acceptors (Lipinski definition) is 3. The van der Waals surface area contributed by atoms with Gasteiger partial charge in [-0.15, -0.1) is 0 Å². The van der Waals surface area contributed by atoms with Gasteiger partial charge in [-0.1, -0.05) is 30.3 Å². The lowest BCUT2D eigenvalue weighted by molar-refractivity contribution is 0.0525. The average molecular weight is 307 g/mol. The van der Waals surface area contributed by atoms with Crippen LogP contribution in [0.1, 0.15) is 52.6 Å². The molecule has 23 heavy (non-hydrogen) atoms. The highest BCUT2D eigenvalue weighted by Gasteiger charge is 2.20. The van der Waals surface area contributed by atoms with Crippen molar-refractivity contribution in [2.24, 2.45) is 0 Å². The summed E-state index contributed by atoms with van der Waals surface area (Å²) in [7, 11) is 0. The van der Waals surface area contributed by atoms with Gasteiger partial charge in [0.15, 0.2) is 0 Å². The molecular formula is C20H21NO2. The first-order chi connectivity index (χ1) is 11.2. The Labute approximate surface area is 137 Å². The largest absolute Gasteiger partial charge is 0.462 e. The highest BCUT2D eigenvalue weighted by atomic mass is 16.5. The fourth-order valence-corrected chi connectivity index (χ4v) is 3.01. The second kappa shape index (κ2) is 6.78. The molecule has 0 aliphatic heterocycles. The number of rotatable bonds is 3. The third-order valence-electron chi connectivity index (χ3n) is 4.12. The van der Waals surface area contributed by atoms with Crippen LogP contribution >= 0.6 is 0 Å². The van der Waals surface area contributed by atoms with Crippen molar-refractivity contribution in [1.82, 2.24) is 4.98 Å². The molecule has 0 saturated heterocycles. The van der Waals surface area contributed by atoms with Crippen LogP contribution in [0.25, 0.3) is 11.6 Å². The van der Waals surface area contributed by atoms with Gasteiger partial charge in [-0.05, 0) is 62.0 Å². The van der Waals surface area contributed by atoms with Gasteiger partial charge in [0.25, 0.3) is 0 Å². The molecule has 0 bridgehead atoms. The smallest absolute Gasteiger partial charge is 0.339 e. The monoisotopic (exact) mass is 307 g/mol. The number of allylic oxidation sites excluding steroid dienone is 1. The maximum Gasteiger partial charge on any atom is 0.339 e. The maximum atomic E-state index is 12.0. The van der Waals surface area contributed by atoms with Gasteiger partial charge in [0, 0.05) is 0 Å². The van der Waals surface area contributed by atoms with E-state index in [2.05, 4.69) is 18.2 Å². The predicted molar refractivity (Wildman–Crippen MR) is 92.2 cm³/mol. The van der Waals surface area contributed by atoms with Gasteiger partial charge in [-0.3, -0.25) is 4.98 Å². The fraction of sp³-hybridized carbons (Fsp3) is 0.300. The quantitative estimate of drug-likeness (QED) is 0.787. The van der Waals surface area contributed by atoms with E-state index in [0.717, 1.165) is 36.2 Å². The molecule has 0 unspecified atom stereocenters. The van der Waals surface area contributed by atoms with E-state index in [9.17, 15) is 4.79 Å². The van der Waals surface area contributed by atoms with Crippen LogP contribution in [0.5, 0.6) is 0 Å². The van der Waals surface area contributed by atoms with Crippen molar-refractivity contribution in [3.63, 3.8) is 0 Å². The van der Waals surface area contributed by atoms with Gasteiger partial charge in [0.1, 0.15) is 0 Å². The fourth-order valence-electron chi connectivity index (χ4n) is 3.01. The minimum atomic E-state index is -0.278. The van der Waals surface area contributed by atoms with Crippen molar-refractivity contribution in [2.75, 3.05) is 6.61 Å². The highest BCUT2D eigenvalue weighted by molar-refractivity contribution is 5.92. The van der Waals surface area contributed by atoms with E-state index in [1.165, 1.54) is 11.1 Å². The molecule has 0 saturated carbocycles. The number of esters is 1. The summed E-state index contributed by atoms with van der Waals surface area (Å²) in [5, 5.41) is 0. The van der Waals surface area contributed by atoms with E-state index in [1.54, 1.807) is 0 Å². The number of nitrogens with zero attached hydrogens (tertiary/aromatic N) is 1. The number of carbonyl (C=O) groups is 1. The Kier molecular flexibility index (Phi) is 4.56. The summed E-state index contributed by atoms with van der Waals surface area (Å²) >= 11 is 0. The molecule has 0 radical (unpaired) electrons. The molecule has 1 aliphatic carbocycles. The molecule has 1 aromatic heterocycles. The Hall–Kier alpha value is -2.42. The lowest BCUT2D eigenvalue weighted by atomic mass is 9.89. The van der Waals surface area contributed by atoms with Crippen molar-refractivity contribution in [1.29, 1.82) is 0 Å². The van der Waals surface area contributed by atoms with Crippen LogP contribution in [-0.4, -0.2) is 17.6 Å². The summed E-state index contributed by atoms with van der Waals surface area (Å²) in [5.41, 5.74) is 5.94. The molecule has 1 aromatic carbocycles. The van der Waals surface area contributed by atoms with Crippen LogP contribution in [0, 0.1) is 6.92 Å². The zero-order valence-corrected chi connectivity index (χ0v) is 13.6. The summed E-state index contributed by atoms with van der Waals surface area (Å²) in [4.78, 5) is 16.8. The number of aryl methyl sites for hydroxylation is 2. The number of pyridine rings is 1. The second-order valence-electron chi connectivity index (χ2n) is 5.78. The summed E-state index contributed by atoms with van der Waals surface area (Å²) in [6.45, 7) is 4.08. The van der Waals surface area contributed by atoms with Gasteiger partial charge in [0.2, 0.25) is 0 Å². The third-order valence-corrected chi connectivity index (χ3v) is 4.12. The molecule has 0 N–H and O–H groups in total. The molecule has 0 fully saturated rings. The molecule has 1 aliphatic rings. The summed E-state index contributed by atoms with van der Waals surface area (Å²) < 4.78 is 5.13. The highest BCUT2D eigenvalue weighted by Crippen LogP contribution is 2.32. The molecule has 118 valence electrons. The van der Waals surface area contributed by atoms with Crippen LogP contribution in [0.15, 0.2) is 36.4 Å². The van der Waals surface area contributed by atoms with E-state index < -0.39 is 0 Å².